The summed E-state index contributed by atoms with van der Waals surface area (Å²) in [7, 11) is 0. The summed E-state index contributed by atoms with van der Waals surface area (Å²) < 4.78 is 5.49. The first-order chi connectivity index (χ1) is 11.1. The minimum Gasteiger partial charge on any atom is -0.478 e. The molecule has 0 aromatic carbocycles. The van der Waals surface area contributed by atoms with Gasteiger partial charge in [0.2, 0.25) is 0 Å². The number of carboxylic acid groups (broad SMARTS) is 1. The lowest BCUT2D eigenvalue weighted by Crippen LogP contribution is -2.40. The first-order valence-electron chi connectivity index (χ1n) is 7.60. The van der Waals surface area contributed by atoms with Crippen molar-refractivity contribution in [2.24, 2.45) is 5.92 Å². The number of carboxylic acids is 1. The third-order valence-corrected chi connectivity index (χ3v) is 4.22. The van der Waals surface area contributed by atoms with E-state index < -0.39 is 5.97 Å². The molecule has 2 unspecified atom stereocenters. The highest BCUT2D eigenvalue weighted by atomic mass is 16.4. The van der Waals surface area contributed by atoms with Crippen LogP contribution in [-0.4, -0.2) is 33.4 Å². The van der Waals surface area contributed by atoms with Crippen LogP contribution >= 0.6 is 0 Å². The second-order valence-electron chi connectivity index (χ2n) is 5.89. The predicted molar refractivity (Wildman–Crippen MR) is 82.1 cm³/mol. The molecule has 0 aliphatic carbocycles. The molecule has 1 saturated heterocycles. The highest BCUT2D eigenvalue weighted by Crippen LogP contribution is 2.35. The molecule has 1 N–H and O–H groups in total. The van der Waals surface area contributed by atoms with Gasteiger partial charge in [-0.25, -0.2) is 4.79 Å². The molecule has 0 radical (unpaired) electrons. The van der Waals surface area contributed by atoms with E-state index in [2.05, 4.69) is 11.9 Å². The summed E-state index contributed by atoms with van der Waals surface area (Å²) in [6, 6.07) is 6.23. The lowest BCUT2D eigenvalue weighted by atomic mass is 9.90. The van der Waals surface area contributed by atoms with Crippen molar-refractivity contribution < 1.29 is 19.1 Å². The SMILES string of the molecule is CC1CCN(C(=O)c2cc(C(=O)O)ccn2)C(c2ccco2)C1. The van der Waals surface area contributed by atoms with Gasteiger partial charge in [-0.05, 0) is 43.0 Å². The fraction of sp³-hybridized carbons (Fsp3) is 0.353. The number of pyridine rings is 1. The zero-order valence-corrected chi connectivity index (χ0v) is 12.8. The molecular weight excluding hydrogens is 296 g/mol. The molecule has 2 atom stereocenters. The highest BCUT2D eigenvalue weighted by Gasteiger charge is 2.33. The van der Waals surface area contributed by atoms with Crippen molar-refractivity contribution in [3.63, 3.8) is 0 Å². The van der Waals surface area contributed by atoms with E-state index in [4.69, 9.17) is 9.52 Å². The number of likely N-dealkylation sites (tertiary alicyclic amines) is 1. The fourth-order valence-corrected chi connectivity index (χ4v) is 2.96. The Balaban J connectivity index is 1.90. The van der Waals surface area contributed by atoms with Crippen LogP contribution < -0.4 is 0 Å². The molecule has 3 rings (SSSR count). The summed E-state index contributed by atoms with van der Waals surface area (Å²) >= 11 is 0. The van der Waals surface area contributed by atoms with Gasteiger partial charge in [0.15, 0.2) is 0 Å². The van der Waals surface area contributed by atoms with Crippen molar-refractivity contribution in [2.45, 2.75) is 25.8 Å². The van der Waals surface area contributed by atoms with Crippen LogP contribution in [-0.2, 0) is 0 Å². The molecule has 3 heterocycles. The van der Waals surface area contributed by atoms with Gasteiger partial charge in [0.05, 0.1) is 17.9 Å². The molecule has 2 aromatic rings. The van der Waals surface area contributed by atoms with Crippen LogP contribution in [0.5, 0.6) is 0 Å². The van der Waals surface area contributed by atoms with Gasteiger partial charge in [-0.1, -0.05) is 6.92 Å². The average molecular weight is 314 g/mol. The summed E-state index contributed by atoms with van der Waals surface area (Å²) in [5.41, 5.74) is 0.208. The number of aromatic nitrogens is 1. The average Bonchev–Trinajstić information content (AvgIpc) is 3.08. The first-order valence-corrected chi connectivity index (χ1v) is 7.60. The molecule has 6 heteroatoms. The van der Waals surface area contributed by atoms with E-state index in [1.54, 1.807) is 17.2 Å². The maximum Gasteiger partial charge on any atom is 0.335 e. The van der Waals surface area contributed by atoms with Crippen LogP contribution in [0.2, 0.25) is 0 Å². The van der Waals surface area contributed by atoms with Crippen LogP contribution in [0, 0.1) is 5.92 Å². The van der Waals surface area contributed by atoms with Crippen LogP contribution in [0.1, 0.15) is 52.4 Å². The van der Waals surface area contributed by atoms with E-state index in [0.29, 0.717) is 12.5 Å². The summed E-state index contributed by atoms with van der Waals surface area (Å²) in [4.78, 5) is 29.7. The second kappa shape index (κ2) is 6.24. The van der Waals surface area contributed by atoms with Crippen molar-refractivity contribution in [2.75, 3.05) is 6.54 Å². The third kappa shape index (κ3) is 3.11. The standard InChI is InChI=1S/C17H18N2O4/c1-11-5-7-19(14(9-11)15-3-2-8-23-15)16(20)13-10-12(17(21)22)4-6-18-13/h2-4,6,8,10-11,14H,5,7,9H2,1H3,(H,21,22). The number of furan rings is 1. The third-order valence-electron chi connectivity index (χ3n) is 4.22. The molecule has 0 bridgehead atoms. The molecule has 1 fully saturated rings. The molecule has 2 aromatic heterocycles. The Morgan fingerprint density at radius 3 is 2.91 bits per heavy atom. The second-order valence-corrected chi connectivity index (χ2v) is 5.89. The fourth-order valence-electron chi connectivity index (χ4n) is 2.96. The summed E-state index contributed by atoms with van der Waals surface area (Å²) in [5.74, 6) is -0.0931. The van der Waals surface area contributed by atoms with Gasteiger partial charge in [-0.3, -0.25) is 9.78 Å². The maximum absolute atomic E-state index is 12.8. The van der Waals surface area contributed by atoms with Crippen molar-refractivity contribution >= 4 is 11.9 Å². The number of nitrogens with zero attached hydrogens (tertiary/aromatic N) is 2. The van der Waals surface area contributed by atoms with Gasteiger partial charge in [0.25, 0.3) is 5.91 Å². The molecule has 120 valence electrons. The zero-order valence-electron chi connectivity index (χ0n) is 12.8. The number of amides is 1. The minimum absolute atomic E-state index is 0.0586. The Labute approximate surface area is 133 Å². The lowest BCUT2D eigenvalue weighted by Gasteiger charge is -2.37. The quantitative estimate of drug-likeness (QED) is 0.941. The van der Waals surface area contributed by atoms with E-state index >= 15 is 0 Å². The van der Waals surface area contributed by atoms with Crippen molar-refractivity contribution in [3.05, 3.63) is 53.7 Å². The highest BCUT2D eigenvalue weighted by molar-refractivity contribution is 5.96. The van der Waals surface area contributed by atoms with Crippen LogP contribution in [0.4, 0.5) is 0 Å². The number of rotatable bonds is 3. The van der Waals surface area contributed by atoms with Gasteiger partial charge in [-0.15, -0.1) is 0 Å². The Hall–Kier alpha value is -2.63. The van der Waals surface area contributed by atoms with Crippen LogP contribution in [0.25, 0.3) is 0 Å². The van der Waals surface area contributed by atoms with Gasteiger partial charge in [0.1, 0.15) is 11.5 Å². The lowest BCUT2D eigenvalue weighted by molar-refractivity contribution is 0.0515. The number of piperidine rings is 1. The Morgan fingerprint density at radius 2 is 2.22 bits per heavy atom. The van der Waals surface area contributed by atoms with E-state index in [9.17, 15) is 9.59 Å². The van der Waals surface area contributed by atoms with E-state index in [-0.39, 0.29) is 23.2 Å². The monoisotopic (exact) mass is 314 g/mol. The Kier molecular flexibility index (Phi) is 4.14. The van der Waals surface area contributed by atoms with Gasteiger partial charge in [0, 0.05) is 12.7 Å². The van der Waals surface area contributed by atoms with Crippen LogP contribution in [0.3, 0.4) is 0 Å². The van der Waals surface area contributed by atoms with Gasteiger partial charge >= 0.3 is 5.97 Å². The number of hydrogen-bond acceptors (Lipinski definition) is 4. The predicted octanol–water partition coefficient (Wildman–Crippen LogP) is 2.99. The summed E-state index contributed by atoms with van der Waals surface area (Å²) in [6.45, 7) is 2.76. The Bertz CT molecular complexity index is 711. The molecular formula is C17H18N2O4. The molecule has 23 heavy (non-hydrogen) atoms. The largest absolute Gasteiger partial charge is 0.478 e. The minimum atomic E-state index is -1.07. The maximum atomic E-state index is 12.8. The number of aromatic carboxylic acids is 1. The molecule has 1 aliphatic rings. The normalized spacial score (nSPS) is 21.2. The topological polar surface area (TPSA) is 83.6 Å². The van der Waals surface area contributed by atoms with Crippen molar-refractivity contribution in [1.29, 1.82) is 0 Å². The van der Waals surface area contributed by atoms with E-state index in [1.165, 1.54) is 18.3 Å². The summed E-state index contributed by atoms with van der Waals surface area (Å²) in [6.07, 6.45) is 4.67. The van der Waals surface area contributed by atoms with Crippen molar-refractivity contribution in [1.82, 2.24) is 9.88 Å². The summed E-state index contributed by atoms with van der Waals surface area (Å²) in [5, 5.41) is 9.07. The molecule has 0 spiro atoms. The molecule has 1 amide bonds. The first kappa shape index (κ1) is 15.3. The Morgan fingerprint density at radius 1 is 1.39 bits per heavy atom. The molecule has 6 nitrogen and oxygen atoms in total. The van der Waals surface area contributed by atoms with Gasteiger partial charge in [-0.2, -0.15) is 0 Å². The molecule has 1 aliphatic heterocycles. The van der Waals surface area contributed by atoms with Crippen molar-refractivity contribution in [3.8, 4) is 0 Å². The van der Waals surface area contributed by atoms with Crippen LogP contribution in [0.15, 0.2) is 41.1 Å². The molecule has 0 saturated carbocycles. The van der Waals surface area contributed by atoms with Gasteiger partial charge < -0.3 is 14.4 Å². The van der Waals surface area contributed by atoms with E-state index in [0.717, 1.165) is 18.6 Å². The number of hydrogen-bond donors (Lipinski definition) is 1. The van der Waals surface area contributed by atoms with E-state index in [1.807, 2.05) is 6.07 Å². The smallest absolute Gasteiger partial charge is 0.335 e. The number of carbonyl (C=O) groups excluding carboxylic acids is 1. The number of carbonyl (C=O) groups is 2. The zero-order chi connectivity index (χ0) is 16.4.